The monoisotopic (exact) mass is 656 g/mol. The Balaban J connectivity index is 0.000000210. The summed E-state index contributed by atoms with van der Waals surface area (Å²) in [7, 11) is -5.70. The summed E-state index contributed by atoms with van der Waals surface area (Å²) < 4.78 is 66.6. The van der Waals surface area contributed by atoms with E-state index in [2.05, 4.69) is 54.4 Å². The van der Waals surface area contributed by atoms with Crippen molar-refractivity contribution < 1.29 is 87.1 Å². The molecule has 0 amide bonds. The maximum atomic E-state index is 12.5. The number of thiophene rings is 2. The van der Waals surface area contributed by atoms with E-state index in [1.165, 1.54) is 48.7 Å². The molecule has 0 atom stereocenters. The van der Waals surface area contributed by atoms with Crippen LogP contribution < -0.4 is 60.7 Å². The van der Waals surface area contributed by atoms with E-state index >= 15 is 0 Å². The largest absolute Gasteiger partial charge is 1.00 e. The Morgan fingerprint density at radius 1 is 0.762 bits per heavy atom. The van der Waals surface area contributed by atoms with Gasteiger partial charge in [0, 0.05) is 30.5 Å². The molecule has 6 aromatic rings. The first-order valence-corrected chi connectivity index (χ1v) is 15.2. The second-order valence-corrected chi connectivity index (χ2v) is 13.2. The number of benzene rings is 4. The number of halogens is 3. The zero-order chi connectivity index (χ0) is 30.1. The minimum atomic E-state index is -5.70. The van der Waals surface area contributed by atoms with Crippen LogP contribution in [0.4, 0.5) is 13.2 Å². The van der Waals surface area contributed by atoms with Crippen LogP contribution in [0.25, 0.3) is 41.7 Å². The molecule has 0 bridgehead atoms. The number of aliphatic carboxylic acids is 1. The Morgan fingerprint density at radius 2 is 1.19 bits per heavy atom. The fourth-order valence-electron chi connectivity index (χ4n) is 4.33. The molecule has 12 heteroatoms. The average Bonchev–Trinajstić information content (AvgIpc) is 3.47. The number of alkyl halides is 3. The average molecular weight is 657 g/mol. The summed E-state index contributed by atoms with van der Waals surface area (Å²) in [5.41, 5.74) is -4.08. The van der Waals surface area contributed by atoms with Crippen molar-refractivity contribution in [1.29, 1.82) is 0 Å². The van der Waals surface area contributed by atoms with E-state index in [4.69, 9.17) is 9.90 Å². The Morgan fingerprint density at radius 3 is 1.69 bits per heavy atom. The summed E-state index contributed by atoms with van der Waals surface area (Å²) in [6, 6.07) is 23.2. The molecule has 42 heavy (non-hydrogen) atoms. The van der Waals surface area contributed by atoms with Crippen LogP contribution in [-0.2, 0) is 14.9 Å². The van der Waals surface area contributed by atoms with E-state index in [1.54, 1.807) is 25.1 Å². The third-order valence-electron chi connectivity index (χ3n) is 5.95. The van der Waals surface area contributed by atoms with Gasteiger partial charge in [0.15, 0.2) is 5.75 Å². The van der Waals surface area contributed by atoms with Gasteiger partial charge >= 0.3 is 67.0 Å². The fourth-order valence-corrected chi connectivity index (χ4v) is 6.99. The topological polar surface area (TPSA) is 83.5 Å². The van der Waals surface area contributed by atoms with Gasteiger partial charge in [-0.05, 0) is 78.4 Å². The van der Waals surface area contributed by atoms with Gasteiger partial charge in [-0.1, -0.05) is 54.6 Å². The molecular weight excluding hydrogens is 633 g/mol. The molecular formula is C30H24F3KO5S3. The van der Waals surface area contributed by atoms with Crippen molar-refractivity contribution in [3.63, 3.8) is 0 Å². The van der Waals surface area contributed by atoms with Gasteiger partial charge in [0.1, 0.15) is 0 Å². The van der Waals surface area contributed by atoms with Gasteiger partial charge in [0.2, 0.25) is 0 Å². The van der Waals surface area contributed by atoms with Crippen molar-refractivity contribution in [3.8, 4) is 5.75 Å². The van der Waals surface area contributed by atoms with Crippen LogP contribution in [0.2, 0.25) is 0 Å². The Kier molecular flexibility index (Phi) is 11.3. The fraction of sp³-hybridized carbons (Fsp3) is 0.167. The van der Waals surface area contributed by atoms with Gasteiger partial charge in [-0.15, -0.1) is 22.7 Å². The van der Waals surface area contributed by atoms with Crippen LogP contribution >= 0.6 is 22.7 Å². The molecule has 0 fully saturated rings. The minimum Gasteiger partial charge on any atom is -0.550 e. The molecule has 0 aliphatic heterocycles. The van der Waals surface area contributed by atoms with E-state index in [0.717, 1.165) is 17.2 Å². The van der Waals surface area contributed by atoms with Crippen molar-refractivity contribution in [1.82, 2.24) is 0 Å². The molecule has 214 valence electrons. The molecule has 0 radical (unpaired) electrons. The van der Waals surface area contributed by atoms with Crippen LogP contribution in [0, 0.1) is 20.8 Å². The number of carboxylic acids is 1. The first-order valence-electron chi connectivity index (χ1n) is 12.2. The zero-order valence-electron chi connectivity index (χ0n) is 23.3. The number of hydrogen-bond acceptors (Lipinski definition) is 7. The van der Waals surface area contributed by atoms with Crippen molar-refractivity contribution in [3.05, 3.63) is 88.1 Å². The van der Waals surface area contributed by atoms with Gasteiger partial charge in [-0.25, -0.2) is 0 Å². The zero-order valence-corrected chi connectivity index (χ0v) is 28.9. The first-order chi connectivity index (χ1) is 19.2. The van der Waals surface area contributed by atoms with E-state index in [0.29, 0.717) is 15.5 Å². The van der Waals surface area contributed by atoms with E-state index in [9.17, 15) is 21.6 Å². The molecule has 2 heterocycles. The number of aryl methyl sites for hydroxylation is 3. The molecule has 5 nitrogen and oxygen atoms in total. The maximum Gasteiger partial charge on any atom is 1.00 e. The van der Waals surface area contributed by atoms with Gasteiger partial charge in [-0.2, -0.15) is 21.6 Å². The molecule has 0 aliphatic rings. The van der Waals surface area contributed by atoms with Crippen LogP contribution in [0.15, 0.2) is 72.8 Å². The summed E-state index contributed by atoms with van der Waals surface area (Å²) in [6.45, 7) is 7.14. The van der Waals surface area contributed by atoms with Crippen LogP contribution in [0.1, 0.15) is 22.2 Å². The summed E-state index contributed by atoms with van der Waals surface area (Å²) in [4.78, 5) is 11.1. The molecule has 0 spiro atoms. The van der Waals surface area contributed by atoms with Crippen LogP contribution in [0.5, 0.6) is 5.75 Å². The normalized spacial score (nSPS) is 11.4. The molecule has 2 aromatic heterocycles. The predicted octanol–water partition coefficient (Wildman–Crippen LogP) is 5.02. The number of rotatable bonds is 2. The van der Waals surface area contributed by atoms with Crippen LogP contribution in [-0.4, -0.2) is 19.9 Å². The smallest absolute Gasteiger partial charge is 0.550 e. The summed E-state index contributed by atoms with van der Waals surface area (Å²) in [6.07, 6.45) is 0. The SMILES string of the molecule is CC(=O)[O-].Cc1cc2c(C)cc3ccccc3c2s1.Cc1cc2c(OS(=O)(=O)C(F)(F)F)cc3ccccc3c2s1.[K+]. The third kappa shape index (κ3) is 7.72. The molecule has 0 saturated heterocycles. The molecule has 0 aliphatic carbocycles. The number of carbonyl (C=O) groups is 1. The van der Waals surface area contributed by atoms with E-state index in [1.807, 2.05) is 23.5 Å². The third-order valence-corrected chi connectivity index (χ3v) is 9.09. The van der Waals surface area contributed by atoms with Gasteiger partial charge in [0.05, 0.1) is 0 Å². The first kappa shape index (κ1) is 34.5. The predicted molar refractivity (Wildman–Crippen MR) is 159 cm³/mol. The van der Waals surface area contributed by atoms with Gasteiger partial charge in [-0.3, -0.25) is 0 Å². The van der Waals surface area contributed by atoms with Crippen molar-refractivity contribution in [2.24, 2.45) is 0 Å². The molecule has 6 rings (SSSR count). The van der Waals surface area contributed by atoms with Gasteiger partial charge < -0.3 is 14.1 Å². The second kappa shape index (κ2) is 13.7. The Bertz CT molecular complexity index is 2010. The number of carboxylic acid groups (broad SMARTS) is 1. The summed E-state index contributed by atoms with van der Waals surface area (Å²) >= 11 is 3.27. The van der Waals surface area contributed by atoms with Crippen molar-refractivity contribution in [2.45, 2.75) is 33.2 Å². The molecule has 4 aromatic carbocycles. The standard InChI is InChI=1S/C14H9F3O3S2.C14H12S.C2H4O2.K/c1-8-6-11-12(20-22(18,19)14(15,16)17)7-9-4-2-3-5-10(9)13(11)21-8;1-9-7-11-5-3-4-6-12(11)14-13(9)8-10(2)15-14;1-2(3)4;/h2-7H,1H3;3-8H,1-2H3;1H3,(H,3,4);/q;;;+1/p-1. The second-order valence-electron chi connectivity index (χ2n) is 9.18. The summed E-state index contributed by atoms with van der Waals surface area (Å²) in [5.74, 6) is -1.39. The van der Waals surface area contributed by atoms with Crippen molar-refractivity contribution in [2.75, 3.05) is 0 Å². The van der Waals surface area contributed by atoms with Crippen molar-refractivity contribution >= 4 is 80.5 Å². The number of hydrogen-bond donors (Lipinski definition) is 0. The Hall–Kier alpha value is -2.03. The minimum absolute atomic E-state index is 0. The molecule has 0 unspecified atom stereocenters. The summed E-state index contributed by atoms with van der Waals surface area (Å²) in [5, 5.41) is 14.8. The van der Waals surface area contributed by atoms with Crippen LogP contribution in [0.3, 0.4) is 0 Å². The van der Waals surface area contributed by atoms with E-state index in [-0.39, 0.29) is 57.1 Å². The molecule has 0 N–H and O–H groups in total. The molecule has 0 saturated carbocycles. The number of fused-ring (bicyclic) bond motifs is 6. The van der Waals surface area contributed by atoms with Gasteiger partial charge in [0.25, 0.3) is 0 Å². The quantitative estimate of drug-likeness (QED) is 0.149. The van der Waals surface area contributed by atoms with E-state index < -0.39 is 21.6 Å². The Labute approximate surface area is 291 Å². The number of carbonyl (C=O) groups excluding carboxylic acids is 1. The maximum absolute atomic E-state index is 12.5.